The van der Waals surface area contributed by atoms with Crippen LogP contribution in [0.5, 0.6) is 0 Å². The van der Waals surface area contributed by atoms with Crippen molar-refractivity contribution in [2.75, 3.05) is 37.0 Å². The molecule has 12 heteroatoms. The van der Waals surface area contributed by atoms with Gasteiger partial charge in [-0.05, 0) is 25.0 Å². The Kier molecular flexibility index (Phi) is 8.16. The second kappa shape index (κ2) is 11.1. The number of halogens is 3. The zero-order valence-corrected chi connectivity index (χ0v) is 21.9. The number of ether oxygens (including phenoxy) is 2. The molecular weight excluding hydrogens is 489 g/mol. The Bertz CT molecular complexity index is 1160. The van der Waals surface area contributed by atoms with Crippen LogP contribution < -0.4 is 10.6 Å². The first kappa shape index (κ1) is 26.4. The summed E-state index contributed by atoms with van der Waals surface area (Å²) in [6.07, 6.45) is 0.548. The van der Waals surface area contributed by atoms with Crippen LogP contribution in [0, 0.1) is 0 Å². The van der Waals surface area contributed by atoms with Crippen molar-refractivity contribution in [3.8, 4) is 11.4 Å². The van der Waals surface area contributed by atoms with Gasteiger partial charge < -0.3 is 24.7 Å². The minimum absolute atomic E-state index is 0.105. The number of nitrogens with one attached hydrogen (secondary N) is 2. The Morgan fingerprint density at radius 1 is 1.08 bits per heavy atom. The molecule has 0 aromatic carbocycles. The van der Waals surface area contributed by atoms with Crippen molar-refractivity contribution in [2.24, 2.45) is 0 Å². The van der Waals surface area contributed by atoms with Crippen molar-refractivity contribution in [2.45, 2.75) is 57.5 Å². The van der Waals surface area contributed by atoms with Crippen molar-refractivity contribution in [1.29, 1.82) is 0 Å². The zero-order valence-electron chi connectivity index (χ0n) is 20.9. The topological polar surface area (TPSA) is 86.1 Å². The maximum atomic E-state index is 12.7. The van der Waals surface area contributed by atoms with Gasteiger partial charge in [0.2, 0.25) is 0 Å². The van der Waals surface area contributed by atoms with E-state index >= 15 is 0 Å². The second-order valence-corrected chi connectivity index (χ2v) is 15.8. The summed E-state index contributed by atoms with van der Waals surface area (Å²) >= 11 is 0. The fourth-order valence-electron chi connectivity index (χ4n) is 3.96. The molecule has 196 valence electrons. The van der Waals surface area contributed by atoms with Crippen LogP contribution in [0.2, 0.25) is 25.7 Å². The van der Waals surface area contributed by atoms with Crippen molar-refractivity contribution < 1.29 is 22.6 Å². The lowest BCUT2D eigenvalue weighted by molar-refractivity contribution is -0.115. The number of anilines is 2. The Labute approximate surface area is 209 Å². The normalized spacial score (nSPS) is 15.4. The molecule has 3 aromatic heterocycles. The van der Waals surface area contributed by atoms with Crippen molar-refractivity contribution in [1.82, 2.24) is 19.5 Å². The first-order valence-electron chi connectivity index (χ1n) is 12.1. The quantitative estimate of drug-likeness (QED) is 0.273. The smallest absolute Gasteiger partial charge is 0.381 e. The van der Waals surface area contributed by atoms with E-state index in [0.717, 1.165) is 54.5 Å². The van der Waals surface area contributed by atoms with Crippen LogP contribution in [0.3, 0.4) is 0 Å². The minimum Gasteiger partial charge on any atom is -0.381 e. The number of alkyl halides is 3. The molecule has 4 rings (SSSR count). The minimum atomic E-state index is -4.34. The predicted octanol–water partition coefficient (Wildman–Crippen LogP) is 5.37. The lowest BCUT2D eigenvalue weighted by atomic mass is 10.1. The summed E-state index contributed by atoms with van der Waals surface area (Å²) in [5.41, 5.74) is 2.13. The monoisotopic (exact) mass is 522 g/mol. The number of nitrogens with zero attached hydrogens (tertiary/aromatic N) is 4. The van der Waals surface area contributed by atoms with Gasteiger partial charge in [-0.2, -0.15) is 13.2 Å². The molecule has 3 aromatic rings. The van der Waals surface area contributed by atoms with E-state index in [0.29, 0.717) is 25.1 Å². The van der Waals surface area contributed by atoms with Crippen LogP contribution in [0.1, 0.15) is 12.8 Å². The molecule has 1 aliphatic heterocycles. The summed E-state index contributed by atoms with van der Waals surface area (Å²) in [5, 5.41) is 6.71. The molecule has 0 bridgehead atoms. The maximum absolute atomic E-state index is 12.7. The zero-order chi connectivity index (χ0) is 25.8. The molecule has 2 N–H and O–H groups in total. The summed E-state index contributed by atoms with van der Waals surface area (Å²) in [6.45, 7) is 8.09. The van der Waals surface area contributed by atoms with Gasteiger partial charge in [0.1, 0.15) is 31.2 Å². The lowest BCUT2D eigenvalue weighted by Gasteiger charge is -2.23. The van der Waals surface area contributed by atoms with Gasteiger partial charge >= 0.3 is 6.18 Å². The highest BCUT2D eigenvalue weighted by Gasteiger charge is 2.27. The first-order chi connectivity index (χ1) is 17.1. The molecule has 1 saturated heterocycles. The number of rotatable bonds is 10. The van der Waals surface area contributed by atoms with Gasteiger partial charge in [0.25, 0.3) is 0 Å². The molecule has 36 heavy (non-hydrogen) atoms. The third-order valence-corrected chi connectivity index (χ3v) is 7.68. The Morgan fingerprint density at radius 3 is 2.58 bits per heavy atom. The van der Waals surface area contributed by atoms with E-state index in [1.165, 1.54) is 12.4 Å². The van der Waals surface area contributed by atoms with Crippen LogP contribution in [0.4, 0.5) is 24.8 Å². The number of hydrogen-bond acceptors (Lipinski definition) is 7. The highest BCUT2D eigenvalue weighted by molar-refractivity contribution is 6.76. The van der Waals surface area contributed by atoms with E-state index in [2.05, 4.69) is 45.2 Å². The number of fused-ring (bicyclic) bond motifs is 1. The standard InChI is InChI=1S/C24H33F3N6O2Si/c1-36(2,3)9-8-35-16-33-20-12-23(32-18-4-6-34-7-5-18)28-13-17(20)10-21(33)19-11-22(31-15-30-19)29-14-24(25,26)27/h10-13,15,18H,4-9,14,16H2,1-3H3,(H,28,32)(H,29,30,31). The number of aromatic nitrogens is 4. The largest absolute Gasteiger partial charge is 0.405 e. The number of hydrogen-bond donors (Lipinski definition) is 2. The highest BCUT2D eigenvalue weighted by Crippen LogP contribution is 2.30. The van der Waals surface area contributed by atoms with Gasteiger partial charge in [-0.1, -0.05) is 19.6 Å². The summed E-state index contributed by atoms with van der Waals surface area (Å²) in [6, 6.07) is 6.76. The molecule has 0 radical (unpaired) electrons. The molecule has 0 atom stereocenters. The Morgan fingerprint density at radius 2 is 1.86 bits per heavy atom. The molecule has 0 saturated carbocycles. The average molecular weight is 523 g/mol. The molecule has 0 spiro atoms. The molecule has 8 nitrogen and oxygen atoms in total. The van der Waals surface area contributed by atoms with Crippen molar-refractivity contribution >= 4 is 30.6 Å². The molecule has 4 heterocycles. The van der Waals surface area contributed by atoms with E-state index in [9.17, 15) is 13.2 Å². The van der Waals surface area contributed by atoms with Gasteiger partial charge in [-0.15, -0.1) is 0 Å². The van der Waals surface area contributed by atoms with E-state index in [1.807, 2.05) is 16.7 Å². The highest BCUT2D eigenvalue weighted by atomic mass is 28.3. The van der Waals surface area contributed by atoms with E-state index in [4.69, 9.17) is 9.47 Å². The van der Waals surface area contributed by atoms with Crippen molar-refractivity contribution in [3.63, 3.8) is 0 Å². The SMILES string of the molecule is C[Si](C)(C)CCOCn1c(-c2cc(NCC(F)(F)F)ncn2)cc2cnc(NC3CCOCC3)cc21. The average Bonchev–Trinajstić information content (AvgIpc) is 3.18. The Balaban J connectivity index is 1.63. The molecule has 1 aliphatic rings. The third-order valence-electron chi connectivity index (χ3n) is 5.98. The molecule has 0 unspecified atom stereocenters. The second-order valence-electron chi connectivity index (χ2n) is 10.2. The molecule has 1 fully saturated rings. The van der Waals surface area contributed by atoms with Crippen LogP contribution in [-0.4, -0.2) is 66.2 Å². The number of pyridine rings is 1. The Hall–Kier alpha value is -2.70. The van der Waals surface area contributed by atoms with Gasteiger partial charge in [0.05, 0.1) is 16.9 Å². The van der Waals surface area contributed by atoms with E-state index < -0.39 is 20.8 Å². The van der Waals surface area contributed by atoms with Gasteiger partial charge in [0.15, 0.2) is 0 Å². The van der Waals surface area contributed by atoms with Crippen LogP contribution in [0.25, 0.3) is 22.3 Å². The van der Waals surface area contributed by atoms with Crippen LogP contribution >= 0.6 is 0 Å². The van der Waals surface area contributed by atoms with E-state index in [-0.39, 0.29) is 5.82 Å². The maximum Gasteiger partial charge on any atom is 0.405 e. The summed E-state index contributed by atoms with van der Waals surface area (Å²) in [7, 11) is -1.26. The fourth-order valence-corrected chi connectivity index (χ4v) is 4.71. The summed E-state index contributed by atoms with van der Waals surface area (Å²) in [4.78, 5) is 12.9. The summed E-state index contributed by atoms with van der Waals surface area (Å²) < 4.78 is 51.6. The van der Waals surface area contributed by atoms with Gasteiger partial charge in [-0.25, -0.2) is 15.0 Å². The molecular formula is C24H33F3N6O2Si. The summed E-state index contributed by atoms with van der Waals surface area (Å²) in [5.74, 6) is 0.867. The van der Waals surface area contributed by atoms with Gasteiger partial charge in [-0.3, -0.25) is 0 Å². The third kappa shape index (κ3) is 7.40. The van der Waals surface area contributed by atoms with E-state index in [1.54, 1.807) is 6.20 Å². The fraction of sp³-hybridized carbons (Fsp3) is 0.542. The predicted molar refractivity (Wildman–Crippen MR) is 137 cm³/mol. The van der Waals surface area contributed by atoms with Crippen LogP contribution in [-0.2, 0) is 16.2 Å². The molecule has 0 amide bonds. The van der Waals surface area contributed by atoms with Gasteiger partial charge in [0, 0.05) is 57.7 Å². The van der Waals surface area contributed by atoms with Crippen molar-refractivity contribution in [3.05, 3.63) is 30.7 Å². The van der Waals surface area contributed by atoms with Crippen LogP contribution in [0.15, 0.2) is 30.7 Å². The first-order valence-corrected chi connectivity index (χ1v) is 15.8. The lowest BCUT2D eigenvalue weighted by Crippen LogP contribution is -2.28. The molecule has 0 aliphatic carbocycles.